The SMILES string of the molecule is C=C=C(/C=C\C(C)(C)C)N1CCN(c2ccc(-c3cc4c(=C=C)n(C5CCCCC5)c(=O)c5ccc6c7c(-c8ccc(N9CCN(C(=C=C)OC(C)(C)C)CC9)nc8)cc8c(=O)n(C9CCCCC9)c(=C=C)c9ccc(c3c6c54)c7c89)cn2)CC1. The number of anilines is 2. The number of fused-ring (bicyclic) bond motifs is 2. The lowest BCUT2D eigenvalue weighted by molar-refractivity contribution is 0.00110. The van der Waals surface area contributed by atoms with Crippen molar-refractivity contribution in [2.24, 2.45) is 5.41 Å². The molecule has 11 nitrogen and oxygen atoms in total. The molecule has 0 spiro atoms. The van der Waals surface area contributed by atoms with E-state index in [1.54, 1.807) is 0 Å². The minimum Gasteiger partial charge on any atom is -0.468 e. The van der Waals surface area contributed by atoms with E-state index in [9.17, 15) is 0 Å². The molecule has 4 aromatic heterocycles. The average molecular weight is 1130 g/mol. The first-order chi connectivity index (χ1) is 41.1. The van der Waals surface area contributed by atoms with Crippen molar-refractivity contribution < 1.29 is 4.74 Å². The fraction of sp³-hybridized carbons (Fsp3) is 0.378. The Balaban J connectivity index is 1.04. The Hall–Kier alpha value is -8.54. The minimum atomic E-state index is -0.365. The summed E-state index contributed by atoms with van der Waals surface area (Å²) >= 11 is 0. The van der Waals surface area contributed by atoms with Gasteiger partial charge < -0.3 is 24.3 Å². The third kappa shape index (κ3) is 9.74. The van der Waals surface area contributed by atoms with Gasteiger partial charge in [0.15, 0.2) is 0 Å². The lowest BCUT2D eigenvalue weighted by atomic mass is 9.80. The Kier molecular flexibility index (Phi) is 14.3. The molecule has 13 rings (SSSR count). The quantitative estimate of drug-likeness (QED) is 0.0436. The summed E-state index contributed by atoms with van der Waals surface area (Å²) in [5.41, 5.74) is 17.4. The van der Waals surface area contributed by atoms with Crippen LogP contribution in [0.4, 0.5) is 11.6 Å². The molecule has 2 saturated heterocycles. The number of benzene rings is 5. The summed E-state index contributed by atoms with van der Waals surface area (Å²) in [5.74, 6) is 2.47. The number of allylic oxidation sites excluding steroid dienone is 2. The van der Waals surface area contributed by atoms with Gasteiger partial charge in [-0.3, -0.25) is 18.7 Å². The molecule has 0 amide bonds. The molecule has 2 aliphatic carbocycles. The van der Waals surface area contributed by atoms with E-state index in [0.29, 0.717) is 16.7 Å². The molecule has 0 radical (unpaired) electrons. The fourth-order valence-corrected chi connectivity index (χ4v) is 14.6. The Morgan fingerprint density at radius 2 is 0.976 bits per heavy atom. The number of hydrogen-bond acceptors (Lipinski definition) is 9. The Labute approximate surface area is 498 Å². The van der Waals surface area contributed by atoms with Crippen LogP contribution in [0.1, 0.15) is 118 Å². The third-order valence-electron chi connectivity index (χ3n) is 18.6. The van der Waals surface area contributed by atoms with Gasteiger partial charge in [-0.1, -0.05) is 116 Å². The second-order valence-corrected chi connectivity index (χ2v) is 26.2. The molecule has 5 aromatic carbocycles. The van der Waals surface area contributed by atoms with Gasteiger partial charge in [0, 0.05) is 120 Å². The van der Waals surface area contributed by atoms with Gasteiger partial charge in [-0.15, -0.1) is 17.2 Å². The van der Waals surface area contributed by atoms with Gasteiger partial charge in [0.1, 0.15) is 17.2 Å². The summed E-state index contributed by atoms with van der Waals surface area (Å²) in [6.07, 6.45) is 18.7. The molecule has 4 fully saturated rings. The van der Waals surface area contributed by atoms with Crippen LogP contribution in [-0.4, -0.2) is 86.9 Å². The van der Waals surface area contributed by atoms with Gasteiger partial charge in [0.25, 0.3) is 11.1 Å². The summed E-state index contributed by atoms with van der Waals surface area (Å²) in [5, 5.41) is 12.5. The molecule has 4 aliphatic rings. The summed E-state index contributed by atoms with van der Waals surface area (Å²) in [7, 11) is 0. The van der Waals surface area contributed by atoms with Gasteiger partial charge in [-0.2, -0.15) is 0 Å². The van der Waals surface area contributed by atoms with Crippen molar-refractivity contribution in [3.8, 4) is 22.3 Å². The maximum absolute atomic E-state index is 15.7. The average Bonchev–Trinajstić information content (AvgIpc) is 1.26. The zero-order chi connectivity index (χ0) is 59.1. The number of pyridine rings is 4. The molecule has 0 atom stereocenters. The Morgan fingerprint density at radius 3 is 1.44 bits per heavy atom. The van der Waals surface area contributed by atoms with Crippen LogP contribution in [0.15, 0.2) is 144 Å². The topological polar surface area (TPSA) is 92.0 Å². The van der Waals surface area contributed by atoms with Crippen LogP contribution < -0.4 is 31.6 Å². The standard InChI is InChI=1S/C74H78N8O3/c1-11-49(33-34-73(5,6)7)77-35-37-78(38-36-77)62-31-25-47(45-75-62)56-43-58-61(13-3)82(51-23-19-16-20-24-51)71(83)55-30-29-54-67-57(48-26-32-63(76-46-48)79-39-41-80(42-40-79)64(14-4)85-74(8,9)10)44-59-65-52(27-28-53(69(65)67)66(56)70(54)68(55)58)60(12-2)81(72(59)84)50-21-17-15-18-22-50/h25-34,43-46,50-51H,1-4,15-24,35-42H2,5-10H3/b34-33-. The minimum absolute atomic E-state index is 0.00707. The molecule has 2 saturated carbocycles. The van der Waals surface area contributed by atoms with Crippen LogP contribution >= 0.6 is 0 Å². The number of hydrogen-bond donors (Lipinski definition) is 0. The van der Waals surface area contributed by atoms with E-state index in [1.165, 1.54) is 0 Å². The van der Waals surface area contributed by atoms with Crippen molar-refractivity contribution >= 4 is 87.7 Å². The van der Waals surface area contributed by atoms with Gasteiger partial charge in [0.05, 0.1) is 16.4 Å². The fourth-order valence-electron chi connectivity index (χ4n) is 14.6. The molecule has 85 heavy (non-hydrogen) atoms. The predicted molar refractivity (Wildman–Crippen MR) is 353 cm³/mol. The maximum atomic E-state index is 15.7. The highest BCUT2D eigenvalue weighted by molar-refractivity contribution is 6.43. The monoisotopic (exact) mass is 1130 g/mol. The first-order valence-electron chi connectivity index (χ1n) is 30.9. The highest BCUT2D eigenvalue weighted by Crippen LogP contribution is 2.50. The normalized spacial score (nSPS) is 17.0. The van der Waals surface area contributed by atoms with E-state index in [1.807, 2.05) is 42.3 Å². The van der Waals surface area contributed by atoms with E-state index >= 15 is 9.59 Å². The third-order valence-corrected chi connectivity index (χ3v) is 18.6. The number of nitrogens with zero attached hydrogens (tertiary/aromatic N) is 8. The number of rotatable bonds is 10. The van der Waals surface area contributed by atoms with Crippen LogP contribution in [0.5, 0.6) is 0 Å². The largest absolute Gasteiger partial charge is 0.468 e. The number of ether oxygens (including phenoxy) is 1. The van der Waals surface area contributed by atoms with Crippen LogP contribution in [0, 0.1) is 5.41 Å². The smallest absolute Gasteiger partial charge is 0.259 e. The summed E-state index contributed by atoms with van der Waals surface area (Å²) in [6, 6.07) is 21.9. The molecule has 11 heteroatoms. The zero-order valence-corrected chi connectivity index (χ0v) is 50.6. The Morgan fingerprint density at radius 1 is 0.518 bits per heavy atom. The van der Waals surface area contributed by atoms with Crippen molar-refractivity contribution in [2.45, 2.75) is 123 Å². The first-order valence-corrected chi connectivity index (χ1v) is 30.9. The molecule has 2 aliphatic heterocycles. The van der Waals surface area contributed by atoms with Crippen LogP contribution in [0.3, 0.4) is 0 Å². The number of aromatic nitrogens is 4. The highest BCUT2D eigenvalue weighted by atomic mass is 16.5. The van der Waals surface area contributed by atoms with Gasteiger partial charge >= 0.3 is 0 Å². The molecule has 9 aromatic rings. The van der Waals surface area contributed by atoms with Crippen LogP contribution in [0.2, 0.25) is 0 Å². The summed E-state index contributed by atoms with van der Waals surface area (Å²) in [6.45, 7) is 35.6. The van der Waals surface area contributed by atoms with Crippen LogP contribution in [0.25, 0.3) is 98.4 Å². The number of piperazine rings is 2. The van der Waals surface area contributed by atoms with E-state index in [2.05, 4.69) is 162 Å². The zero-order valence-electron chi connectivity index (χ0n) is 50.6. The highest BCUT2D eigenvalue weighted by Gasteiger charge is 2.31. The van der Waals surface area contributed by atoms with Crippen LogP contribution in [-0.2, 0) is 4.74 Å². The predicted octanol–water partition coefficient (Wildman–Crippen LogP) is 14.0. The van der Waals surface area contributed by atoms with Gasteiger partial charge in [-0.25, -0.2) is 9.97 Å². The second-order valence-electron chi connectivity index (χ2n) is 26.2. The molecule has 432 valence electrons. The first kappa shape index (κ1) is 55.6. The molecule has 6 heterocycles. The Bertz CT molecular complexity index is 4560. The van der Waals surface area contributed by atoms with Crippen molar-refractivity contribution in [1.29, 1.82) is 0 Å². The lowest BCUT2D eigenvalue weighted by Crippen LogP contribution is -2.47. The molecular formula is C74H78N8O3. The van der Waals surface area contributed by atoms with E-state index in [-0.39, 0.29) is 34.2 Å². The lowest BCUT2D eigenvalue weighted by Gasteiger charge is -2.38. The van der Waals surface area contributed by atoms with E-state index in [0.717, 1.165) is 221 Å². The maximum Gasteiger partial charge on any atom is 0.259 e. The van der Waals surface area contributed by atoms with Crippen molar-refractivity contribution in [1.82, 2.24) is 28.9 Å². The molecule has 0 unspecified atom stereocenters. The van der Waals surface area contributed by atoms with E-state index < -0.39 is 0 Å². The summed E-state index contributed by atoms with van der Waals surface area (Å²) < 4.78 is 10.3. The van der Waals surface area contributed by atoms with Gasteiger partial charge in [0.2, 0.25) is 5.88 Å². The van der Waals surface area contributed by atoms with E-state index in [4.69, 9.17) is 14.7 Å². The van der Waals surface area contributed by atoms with Crippen molar-refractivity contribution in [2.75, 3.05) is 62.2 Å². The van der Waals surface area contributed by atoms with Gasteiger partial charge in [-0.05, 0) is 144 Å². The van der Waals surface area contributed by atoms with Crippen molar-refractivity contribution in [3.63, 3.8) is 0 Å². The molecule has 0 N–H and O–H groups in total. The molecule has 0 bridgehead atoms. The van der Waals surface area contributed by atoms with Crippen molar-refractivity contribution in [3.05, 3.63) is 166 Å². The summed E-state index contributed by atoms with van der Waals surface area (Å²) in [4.78, 5) is 50.9. The second kappa shape index (κ2) is 21.8. The molecular weight excluding hydrogens is 1050 g/mol.